The SMILES string of the molecule is COCCCN(C)Cn1nc(-c2ccccc2OC)oc1=S. The first-order valence-corrected chi connectivity index (χ1v) is 7.45. The van der Waals surface area contributed by atoms with Crippen molar-refractivity contribution in [1.82, 2.24) is 14.7 Å². The molecule has 0 spiro atoms. The van der Waals surface area contributed by atoms with Gasteiger partial charge in [-0.05, 0) is 37.8 Å². The fourth-order valence-electron chi connectivity index (χ4n) is 2.10. The molecule has 6 nitrogen and oxygen atoms in total. The maximum atomic E-state index is 5.61. The van der Waals surface area contributed by atoms with Crippen LogP contribution in [0.25, 0.3) is 11.5 Å². The van der Waals surface area contributed by atoms with Crippen LogP contribution in [0.4, 0.5) is 0 Å². The van der Waals surface area contributed by atoms with Crippen molar-refractivity contribution in [3.63, 3.8) is 0 Å². The van der Waals surface area contributed by atoms with Crippen LogP contribution in [0.15, 0.2) is 28.7 Å². The van der Waals surface area contributed by atoms with E-state index >= 15 is 0 Å². The summed E-state index contributed by atoms with van der Waals surface area (Å²) in [5.41, 5.74) is 0.789. The van der Waals surface area contributed by atoms with Gasteiger partial charge in [-0.25, -0.2) is 4.68 Å². The summed E-state index contributed by atoms with van der Waals surface area (Å²) in [6, 6.07) is 7.57. The number of rotatable bonds is 8. The molecule has 0 atom stereocenters. The zero-order valence-electron chi connectivity index (χ0n) is 13.1. The summed E-state index contributed by atoms with van der Waals surface area (Å²) < 4.78 is 17.7. The molecule has 120 valence electrons. The van der Waals surface area contributed by atoms with Gasteiger partial charge in [-0.15, -0.1) is 5.10 Å². The van der Waals surface area contributed by atoms with Crippen LogP contribution in [0.5, 0.6) is 5.75 Å². The van der Waals surface area contributed by atoms with Crippen molar-refractivity contribution in [2.75, 3.05) is 34.4 Å². The molecule has 2 rings (SSSR count). The monoisotopic (exact) mass is 323 g/mol. The van der Waals surface area contributed by atoms with Gasteiger partial charge >= 0.3 is 0 Å². The Labute approximate surface area is 135 Å². The quantitative estimate of drug-likeness (QED) is 0.550. The second-order valence-corrected chi connectivity index (χ2v) is 5.29. The number of hydrogen-bond acceptors (Lipinski definition) is 6. The van der Waals surface area contributed by atoms with Gasteiger partial charge < -0.3 is 13.9 Å². The van der Waals surface area contributed by atoms with Gasteiger partial charge in [0.1, 0.15) is 5.75 Å². The second kappa shape index (κ2) is 8.07. The fraction of sp³-hybridized carbons (Fsp3) is 0.467. The minimum atomic E-state index is 0.347. The Morgan fingerprint density at radius 2 is 2.09 bits per heavy atom. The Morgan fingerprint density at radius 3 is 2.82 bits per heavy atom. The Balaban J connectivity index is 2.13. The van der Waals surface area contributed by atoms with Crippen molar-refractivity contribution in [2.24, 2.45) is 0 Å². The lowest BCUT2D eigenvalue weighted by Crippen LogP contribution is -2.24. The lowest BCUT2D eigenvalue weighted by molar-refractivity contribution is 0.167. The number of methoxy groups -OCH3 is 2. The van der Waals surface area contributed by atoms with Gasteiger partial charge in [0.05, 0.1) is 19.3 Å². The van der Waals surface area contributed by atoms with Crippen molar-refractivity contribution in [3.8, 4) is 17.2 Å². The smallest absolute Gasteiger partial charge is 0.288 e. The Kier molecular flexibility index (Phi) is 6.11. The van der Waals surface area contributed by atoms with Crippen LogP contribution in [0.3, 0.4) is 0 Å². The topological polar surface area (TPSA) is 52.7 Å². The highest BCUT2D eigenvalue weighted by molar-refractivity contribution is 7.71. The van der Waals surface area contributed by atoms with Gasteiger partial charge in [-0.2, -0.15) is 0 Å². The Morgan fingerprint density at radius 1 is 1.32 bits per heavy atom. The van der Waals surface area contributed by atoms with E-state index in [1.807, 2.05) is 31.3 Å². The van der Waals surface area contributed by atoms with Gasteiger partial charge in [0, 0.05) is 20.3 Å². The van der Waals surface area contributed by atoms with Gasteiger partial charge in [-0.1, -0.05) is 12.1 Å². The summed E-state index contributed by atoms with van der Waals surface area (Å²) in [6.07, 6.45) is 0.956. The number of nitrogens with zero attached hydrogens (tertiary/aromatic N) is 3. The molecule has 0 aliphatic carbocycles. The normalized spacial score (nSPS) is 11.1. The highest BCUT2D eigenvalue weighted by Crippen LogP contribution is 2.28. The molecule has 2 aromatic rings. The highest BCUT2D eigenvalue weighted by Gasteiger charge is 2.13. The van der Waals surface area contributed by atoms with Crippen molar-refractivity contribution in [1.29, 1.82) is 0 Å². The van der Waals surface area contributed by atoms with Crippen LogP contribution >= 0.6 is 12.2 Å². The first-order valence-electron chi connectivity index (χ1n) is 7.04. The molecular weight excluding hydrogens is 302 g/mol. The molecule has 7 heteroatoms. The Hall–Kier alpha value is -1.70. The summed E-state index contributed by atoms with van der Waals surface area (Å²) >= 11 is 5.25. The maximum Gasteiger partial charge on any atom is 0.288 e. The molecule has 0 amide bonds. The van der Waals surface area contributed by atoms with Gasteiger partial charge in [-0.3, -0.25) is 4.90 Å². The summed E-state index contributed by atoms with van der Waals surface area (Å²) in [5, 5.41) is 4.45. The molecule has 0 radical (unpaired) electrons. The third kappa shape index (κ3) is 4.16. The molecule has 0 fully saturated rings. The molecule has 0 bridgehead atoms. The van der Waals surface area contributed by atoms with Gasteiger partial charge in [0.2, 0.25) is 0 Å². The van der Waals surface area contributed by atoms with E-state index in [0.29, 0.717) is 23.1 Å². The van der Waals surface area contributed by atoms with Crippen LogP contribution in [0.2, 0.25) is 0 Å². The molecule has 0 unspecified atom stereocenters. The van der Waals surface area contributed by atoms with E-state index in [1.165, 1.54) is 0 Å². The Bertz CT molecular complexity index is 653. The van der Waals surface area contributed by atoms with E-state index in [2.05, 4.69) is 10.00 Å². The largest absolute Gasteiger partial charge is 0.496 e. The molecule has 0 aliphatic heterocycles. The molecular formula is C15H21N3O3S. The molecule has 0 saturated heterocycles. The van der Waals surface area contributed by atoms with Gasteiger partial charge in [0.25, 0.3) is 10.7 Å². The molecule has 1 aromatic heterocycles. The van der Waals surface area contributed by atoms with Crippen LogP contribution in [-0.4, -0.2) is 49.1 Å². The summed E-state index contributed by atoms with van der Waals surface area (Å²) in [5.74, 6) is 1.17. The first-order chi connectivity index (χ1) is 10.7. The zero-order valence-corrected chi connectivity index (χ0v) is 13.9. The van der Waals surface area contributed by atoms with Gasteiger partial charge in [0.15, 0.2) is 0 Å². The zero-order chi connectivity index (χ0) is 15.9. The minimum absolute atomic E-state index is 0.347. The third-order valence-electron chi connectivity index (χ3n) is 3.21. The van der Waals surface area contributed by atoms with E-state index in [4.69, 9.17) is 26.1 Å². The van der Waals surface area contributed by atoms with Crippen LogP contribution < -0.4 is 4.74 Å². The number of ether oxygens (including phenoxy) is 2. The summed E-state index contributed by atoms with van der Waals surface area (Å²) in [7, 11) is 5.33. The number of aromatic nitrogens is 2. The van der Waals surface area contributed by atoms with Crippen molar-refractivity contribution in [3.05, 3.63) is 29.1 Å². The molecule has 22 heavy (non-hydrogen) atoms. The maximum absolute atomic E-state index is 5.61. The second-order valence-electron chi connectivity index (χ2n) is 4.94. The average molecular weight is 323 g/mol. The van der Waals surface area contributed by atoms with Crippen molar-refractivity contribution < 1.29 is 13.9 Å². The number of para-hydroxylation sites is 1. The molecule has 1 heterocycles. The first kappa shape index (κ1) is 16.7. The third-order valence-corrected chi connectivity index (χ3v) is 3.50. The van der Waals surface area contributed by atoms with E-state index in [9.17, 15) is 0 Å². The van der Waals surface area contributed by atoms with Crippen molar-refractivity contribution >= 4 is 12.2 Å². The van der Waals surface area contributed by atoms with E-state index < -0.39 is 0 Å². The predicted octanol–water partition coefficient (Wildman–Crippen LogP) is 2.81. The average Bonchev–Trinajstić information content (AvgIpc) is 2.88. The van der Waals surface area contributed by atoms with E-state index in [0.717, 1.165) is 25.1 Å². The summed E-state index contributed by atoms with van der Waals surface area (Å²) in [6.45, 7) is 2.20. The summed E-state index contributed by atoms with van der Waals surface area (Å²) in [4.78, 5) is 2.46. The van der Waals surface area contributed by atoms with Crippen LogP contribution in [-0.2, 0) is 11.4 Å². The van der Waals surface area contributed by atoms with Crippen molar-refractivity contribution in [2.45, 2.75) is 13.1 Å². The predicted molar refractivity (Wildman–Crippen MR) is 86.4 cm³/mol. The highest BCUT2D eigenvalue weighted by atomic mass is 32.1. The standard InChI is InChI=1S/C15H21N3O3S/c1-17(9-6-10-19-2)11-18-15(22)21-14(16-18)12-7-4-5-8-13(12)20-3/h4-5,7-8H,6,9-11H2,1-3H3. The van der Waals surface area contributed by atoms with E-state index in [1.54, 1.807) is 18.9 Å². The van der Waals surface area contributed by atoms with Crippen LogP contribution in [0.1, 0.15) is 6.42 Å². The van der Waals surface area contributed by atoms with Crippen LogP contribution in [0, 0.1) is 4.84 Å². The molecule has 0 saturated carbocycles. The number of hydrogen-bond donors (Lipinski definition) is 0. The lowest BCUT2D eigenvalue weighted by atomic mass is 10.2. The fourth-order valence-corrected chi connectivity index (χ4v) is 2.28. The molecule has 0 aliphatic rings. The van der Waals surface area contributed by atoms with E-state index in [-0.39, 0.29) is 0 Å². The number of benzene rings is 1. The lowest BCUT2D eigenvalue weighted by Gasteiger charge is -2.15. The molecule has 0 N–H and O–H groups in total. The molecule has 1 aromatic carbocycles. The minimum Gasteiger partial charge on any atom is -0.496 e.